The molecule has 13 heavy (non-hydrogen) atoms. The largest absolute Gasteiger partial charge is 0.301 e. The zero-order valence-electron chi connectivity index (χ0n) is 9.57. The van der Waals surface area contributed by atoms with Gasteiger partial charge in [-0.25, -0.2) is 0 Å². The summed E-state index contributed by atoms with van der Waals surface area (Å²) in [4.78, 5) is 2.57. The highest BCUT2D eigenvalue weighted by molar-refractivity contribution is 4.92. The van der Waals surface area contributed by atoms with Gasteiger partial charge in [0.15, 0.2) is 0 Å². The third kappa shape index (κ3) is 2.94. The van der Waals surface area contributed by atoms with E-state index in [4.69, 9.17) is 0 Å². The maximum absolute atomic E-state index is 9.50. The summed E-state index contributed by atoms with van der Waals surface area (Å²) in [6.45, 7) is 5.94. The van der Waals surface area contributed by atoms with Crippen LogP contribution in [0.3, 0.4) is 0 Å². The molecular weight excluding hydrogens is 165 g/mol. The molecule has 0 spiro atoms. The lowest BCUT2D eigenvalue weighted by Crippen LogP contribution is -2.40. The van der Waals surface area contributed by atoms with Gasteiger partial charge in [0.25, 0.3) is 0 Å². The van der Waals surface area contributed by atoms with Gasteiger partial charge in [-0.2, -0.15) is 0 Å². The van der Waals surface area contributed by atoms with Gasteiger partial charge in [-0.15, -0.1) is 0 Å². The van der Waals surface area contributed by atoms with Gasteiger partial charge >= 0.3 is 0 Å². The number of halogens is 1. The lowest BCUT2D eigenvalue weighted by atomic mass is 9.88. The van der Waals surface area contributed by atoms with Gasteiger partial charge in [-0.1, -0.05) is 20.3 Å². The predicted molar refractivity (Wildman–Crippen MR) is 56.8 cm³/mol. The number of alkyl halides is 1. The Kier molecular flexibility index (Phi) is 6.31. The number of hydrogen-bond donors (Lipinski definition) is 0. The normalized spacial score (nSPS) is 28.4. The Morgan fingerprint density at radius 3 is 2.23 bits per heavy atom. The topological polar surface area (TPSA) is 3.24 Å². The number of likely N-dealkylation sites (tertiary alicyclic amines) is 1. The molecule has 0 amide bonds. The fourth-order valence-electron chi connectivity index (χ4n) is 2.48. The lowest BCUT2D eigenvalue weighted by Gasteiger charge is -2.35. The monoisotopic (exact) mass is 189 g/mol. The van der Waals surface area contributed by atoms with Crippen molar-refractivity contribution in [3.63, 3.8) is 0 Å². The van der Waals surface area contributed by atoms with Crippen LogP contribution in [0.4, 0.5) is 4.39 Å². The molecule has 1 aliphatic heterocycles. The molecule has 1 aliphatic rings. The molecule has 0 N–H and O–H groups in total. The minimum absolute atomic E-state index is 0.500. The highest BCUT2D eigenvalue weighted by Crippen LogP contribution is 2.34. The standard InChI is InChI=1S/C10H21N.CH3F/c1-4-7-10(5-2)8-6-9-11(10)3;1-2/h4-9H2,1-3H3;1H3. The second-order valence-corrected chi connectivity index (χ2v) is 3.85. The summed E-state index contributed by atoms with van der Waals surface area (Å²) < 4.78 is 9.50. The quantitative estimate of drug-likeness (QED) is 0.658. The molecule has 0 saturated carbocycles. The van der Waals surface area contributed by atoms with Crippen molar-refractivity contribution in [1.82, 2.24) is 4.90 Å². The average Bonchev–Trinajstić information content (AvgIpc) is 2.53. The summed E-state index contributed by atoms with van der Waals surface area (Å²) in [5.41, 5.74) is 0.578. The fraction of sp³-hybridized carbons (Fsp3) is 1.00. The van der Waals surface area contributed by atoms with Gasteiger partial charge in [0, 0.05) is 5.54 Å². The van der Waals surface area contributed by atoms with Gasteiger partial charge in [0.2, 0.25) is 0 Å². The summed E-state index contributed by atoms with van der Waals surface area (Å²) in [6.07, 6.45) is 6.88. The van der Waals surface area contributed by atoms with E-state index in [1.54, 1.807) is 0 Å². The van der Waals surface area contributed by atoms with Crippen molar-refractivity contribution in [2.45, 2.75) is 51.5 Å². The van der Waals surface area contributed by atoms with Gasteiger partial charge in [-0.05, 0) is 39.3 Å². The van der Waals surface area contributed by atoms with Crippen molar-refractivity contribution >= 4 is 0 Å². The van der Waals surface area contributed by atoms with E-state index >= 15 is 0 Å². The average molecular weight is 189 g/mol. The molecule has 1 rings (SSSR count). The first-order valence-electron chi connectivity index (χ1n) is 5.34. The Labute approximate surface area is 82.3 Å². The first kappa shape index (κ1) is 12.9. The van der Waals surface area contributed by atoms with Gasteiger partial charge in [-0.3, -0.25) is 4.39 Å². The summed E-state index contributed by atoms with van der Waals surface area (Å²) >= 11 is 0. The van der Waals surface area contributed by atoms with E-state index < -0.39 is 0 Å². The van der Waals surface area contributed by atoms with E-state index in [0.29, 0.717) is 12.7 Å². The van der Waals surface area contributed by atoms with E-state index in [1.807, 2.05) is 0 Å². The predicted octanol–water partition coefficient (Wildman–Crippen LogP) is 3.25. The highest BCUT2D eigenvalue weighted by Gasteiger charge is 2.35. The maximum atomic E-state index is 9.50. The van der Waals surface area contributed by atoms with Gasteiger partial charge in [0.1, 0.15) is 0 Å². The van der Waals surface area contributed by atoms with E-state index in [2.05, 4.69) is 25.8 Å². The zero-order chi connectivity index (χ0) is 10.3. The molecule has 0 aromatic carbocycles. The van der Waals surface area contributed by atoms with E-state index in [0.717, 1.165) is 0 Å². The molecule has 1 saturated heterocycles. The van der Waals surface area contributed by atoms with Crippen LogP contribution in [-0.4, -0.2) is 31.2 Å². The van der Waals surface area contributed by atoms with Crippen LogP contribution in [0.25, 0.3) is 0 Å². The third-order valence-electron chi connectivity index (χ3n) is 3.32. The SMILES string of the molecule is CCCC1(CC)CCCN1C.CF. The Hall–Kier alpha value is -0.110. The molecule has 1 fully saturated rings. The molecule has 2 heteroatoms. The van der Waals surface area contributed by atoms with Crippen LogP contribution in [0.2, 0.25) is 0 Å². The first-order chi connectivity index (χ1) is 6.25. The minimum Gasteiger partial charge on any atom is -0.301 e. The van der Waals surface area contributed by atoms with E-state index in [1.165, 1.54) is 38.6 Å². The van der Waals surface area contributed by atoms with E-state index in [-0.39, 0.29) is 0 Å². The molecule has 1 nitrogen and oxygen atoms in total. The van der Waals surface area contributed by atoms with Crippen LogP contribution in [0, 0.1) is 0 Å². The first-order valence-corrected chi connectivity index (χ1v) is 5.34. The molecule has 0 aromatic heterocycles. The molecule has 0 bridgehead atoms. The molecule has 80 valence electrons. The fourth-order valence-corrected chi connectivity index (χ4v) is 2.48. The summed E-state index contributed by atoms with van der Waals surface area (Å²) in [7, 11) is 2.78. The summed E-state index contributed by atoms with van der Waals surface area (Å²) in [6, 6.07) is 0. The highest BCUT2D eigenvalue weighted by atomic mass is 19.1. The molecule has 0 aromatic rings. The molecule has 1 unspecified atom stereocenters. The smallest absolute Gasteiger partial charge is 0.0785 e. The van der Waals surface area contributed by atoms with Crippen LogP contribution in [0.5, 0.6) is 0 Å². The van der Waals surface area contributed by atoms with Crippen molar-refractivity contribution in [2.75, 3.05) is 20.8 Å². The van der Waals surface area contributed by atoms with Crippen molar-refractivity contribution in [3.05, 3.63) is 0 Å². The number of rotatable bonds is 3. The van der Waals surface area contributed by atoms with Crippen LogP contribution in [-0.2, 0) is 0 Å². The van der Waals surface area contributed by atoms with Crippen molar-refractivity contribution in [3.8, 4) is 0 Å². The van der Waals surface area contributed by atoms with Crippen LogP contribution in [0.1, 0.15) is 46.0 Å². The van der Waals surface area contributed by atoms with Crippen LogP contribution >= 0.6 is 0 Å². The third-order valence-corrected chi connectivity index (χ3v) is 3.32. The Morgan fingerprint density at radius 1 is 1.31 bits per heavy atom. The summed E-state index contributed by atoms with van der Waals surface area (Å²) in [5, 5.41) is 0. The van der Waals surface area contributed by atoms with Gasteiger partial charge < -0.3 is 4.90 Å². The lowest BCUT2D eigenvalue weighted by molar-refractivity contribution is 0.153. The Morgan fingerprint density at radius 2 is 1.92 bits per heavy atom. The zero-order valence-corrected chi connectivity index (χ0v) is 9.57. The number of hydrogen-bond acceptors (Lipinski definition) is 1. The van der Waals surface area contributed by atoms with Crippen LogP contribution in [0.15, 0.2) is 0 Å². The molecule has 1 heterocycles. The van der Waals surface area contributed by atoms with Crippen LogP contribution < -0.4 is 0 Å². The van der Waals surface area contributed by atoms with Crippen molar-refractivity contribution in [2.24, 2.45) is 0 Å². The molecule has 0 aliphatic carbocycles. The minimum atomic E-state index is 0.500. The maximum Gasteiger partial charge on any atom is 0.0785 e. The van der Waals surface area contributed by atoms with Gasteiger partial charge in [0.05, 0.1) is 7.18 Å². The Balaban J connectivity index is 0.000000671. The summed E-state index contributed by atoms with van der Waals surface area (Å²) in [5.74, 6) is 0. The molecular formula is C11H24FN. The van der Waals surface area contributed by atoms with Crippen molar-refractivity contribution in [1.29, 1.82) is 0 Å². The Bertz CT molecular complexity index is 127. The molecule has 1 atom stereocenters. The molecule has 0 radical (unpaired) electrons. The second kappa shape index (κ2) is 6.36. The van der Waals surface area contributed by atoms with E-state index in [9.17, 15) is 4.39 Å². The number of nitrogens with zero attached hydrogens (tertiary/aromatic N) is 1. The second-order valence-electron chi connectivity index (χ2n) is 3.85. The van der Waals surface area contributed by atoms with Crippen molar-refractivity contribution < 1.29 is 4.39 Å².